The molecule has 0 aliphatic heterocycles. The molecule has 11 heavy (non-hydrogen) atoms. The van der Waals surface area contributed by atoms with E-state index in [0.29, 0.717) is 6.54 Å². The first-order valence-corrected chi connectivity index (χ1v) is 4.15. The third-order valence-electron chi connectivity index (χ3n) is 1.98. The van der Waals surface area contributed by atoms with Gasteiger partial charge in [0.2, 0.25) is 0 Å². The second-order valence-electron chi connectivity index (χ2n) is 3.17. The van der Waals surface area contributed by atoms with Crippen molar-refractivity contribution in [1.29, 1.82) is 0 Å². The van der Waals surface area contributed by atoms with E-state index < -0.39 is 5.60 Å². The van der Waals surface area contributed by atoms with Crippen LogP contribution in [-0.2, 0) is 0 Å². The molecule has 2 atom stereocenters. The van der Waals surface area contributed by atoms with Gasteiger partial charge in [0.05, 0.1) is 5.60 Å². The minimum atomic E-state index is -0.662. The second kappa shape index (κ2) is 4.70. The van der Waals surface area contributed by atoms with Crippen LogP contribution in [0.1, 0.15) is 20.8 Å². The molecule has 0 aromatic heterocycles. The summed E-state index contributed by atoms with van der Waals surface area (Å²) in [7, 11) is 1.84. The molecule has 0 radical (unpaired) electrons. The van der Waals surface area contributed by atoms with Crippen LogP contribution in [0.25, 0.3) is 0 Å². The fourth-order valence-electron chi connectivity index (χ4n) is 1.04. The molecule has 0 bridgehead atoms. The maximum atomic E-state index is 9.79. The molecule has 0 aromatic carbocycles. The predicted octanol–water partition coefficient (Wildman–Crippen LogP) is -0.0452. The standard InChI is InChI=1S/C8H20N2O/c1-5-10-7(2)8(3,11)6-9-4/h7,9-11H,5-6H2,1-4H3. The lowest BCUT2D eigenvalue weighted by atomic mass is 9.98. The van der Waals surface area contributed by atoms with E-state index in [1.165, 1.54) is 0 Å². The summed E-state index contributed by atoms with van der Waals surface area (Å²) >= 11 is 0. The average Bonchev–Trinajstić information content (AvgIpc) is 1.88. The van der Waals surface area contributed by atoms with E-state index in [-0.39, 0.29) is 6.04 Å². The van der Waals surface area contributed by atoms with Crippen molar-refractivity contribution in [2.45, 2.75) is 32.4 Å². The van der Waals surface area contributed by atoms with Crippen LogP contribution in [0.15, 0.2) is 0 Å². The number of hydrogen-bond acceptors (Lipinski definition) is 3. The minimum absolute atomic E-state index is 0.125. The number of aliphatic hydroxyl groups is 1. The van der Waals surface area contributed by atoms with Crippen molar-refractivity contribution in [3.05, 3.63) is 0 Å². The highest BCUT2D eigenvalue weighted by molar-refractivity contribution is 4.85. The van der Waals surface area contributed by atoms with E-state index in [2.05, 4.69) is 10.6 Å². The van der Waals surface area contributed by atoms with Crippen LogP contribution in [0, 0.1) is 0 Å². The number of nitrogens with one attached hydrogen (secondary N) is 2. The van der Waals surface area contributed by atoms with Crippen LogP contribution >= 0.6 is 0 Å². The molecule has 3 heteroatoms. The summed E-state index contributed by atoms with van der Waals surface area (Å²) < 4.78 is 0. The third kappa shape index (κ3) is 3.70. The molecule has 68 valence electrons. The lowest BCUT2D eigenvalue weighted by molar-refractivity contribution is 0.0283. The van der Waals surface area contributed by atoms with E-state index in [4.69, 9.17) is 0 Å². The lowest BCUT2D eigenvalue weighted by Gasteiger charge is -2.30. The molecule has 0 spiro atoms. The van der Waals surface area contributed by atoms with Crippen LogP contribution in [0.5, 0.6) is 0 Å². The fraction of sp³-hybridized carbons (Fsp3) is 1.00. The van der Waals surface area contributed by atoms with Gasteiger partial charge in [-0.1, -0.05) is 6.92 Å². The Balaban J connectivity index is 3.83. The maximum absolute atomic E-state index is 9.79. The molecule has 0 saturated heterocycles. The SMILES string of the molecule is CCNC(C)C(C)(O)CNC. The first-order valence-electron chi connectivity index (χ1n) is 4.15. The Labute approximate surface area is 69.2 Å². The van der Waals surface area contributed by atoms with Crippen LogP contribution in [0.4, 0.5) is 0 Å². The van der Waals surface area contributed by atoms with Crippen molar-refractivity contribution in [2.75, 3.05) is 20.1 Å². The Bertz CT molecular complexity index is 104. The van der Waals surface area contributed by atoms with Crippen LogP contribution in [0.3, 0.4) is 0 Å². The maximum Gasteiger partial charge on any atom is 0.0892 e. The molecule has 3 nitrogen and oxygen atoms in total. The van der Waals surface area contributed by atoms with E-state index in [1.807, 2.05) is 27.8 Å². The summed E-state index contributed by atoms with van der Waals surface area (Å²) in [6.45, 7) is 7.35. The largest absolute Gasteiger partial charge is 0.387 e. The van der Waals surface area contributed by atoms with Crippen LogP contribution in [-0.4, -0.2) is 36.9 Å². The van der Waals surface area contributed by atoms with Gasteiger partial charge in [0.1, 0.15) is 0 Å². The van der Waals surface area contributed by atoms with Gasteiger partial charge in [0.15, 0.2) is 0 Å². The Morgan fingerprint density at radius 1 is 1.55 bits per heavy atom. The van der Waals surface area contributed by atoms with Crippen molar-refractivity contribution in [3.8, 4) is 0 Å². The highest BCUT2D eigenvalue weighted by Crippen LogP contribution is 2.07. The van der Waals surface area contributed by atoms with E-state index in [0.717, 1.165) is 6.54 Å². The van der Waals surface area contributed by atoms with E-state index in [1.54, 1.807) is 0 Å². The van der Waals surface area contributed by atoms with Gasteiger partial charge < -0.3 is 15.7 Å². The van der Waals surface area contributed by atoms with Gasteiger partial charge in [-0.3, -0.25) is 0 Å². The van der Waals surface area contributed by atoms with Crippen LogP contribution in [0.2, 0.25) is 0 Å². The first kappa shape index (κ1) is 10.9. The number of likely N-dealkylation sites (N-methyl/N-ethyl adjacent to an activating group) is 2. The van der Waals surface area contributed by atoms with Crippen molar-refractivity contribution in [2.24, 2.45) is 0 Å². The molecule has 2 unspecified atom stereocenters. The molecule has 0 aromatic rings. The van der Waals surface area contributed by atoms with Gasteiger partial charge >= 0.3 is 0 Å². The molecule has 3 N–H and O–H groups in total. The summed E-state index contributed by atoms with van der Waals surface area (Å²) in [5.41, 5.74) is -0.662. The van der Waals surface area contributed by atoms with Gasteiger partial charge in [0.25, 0.3) is 0 Å². The monoisotopic (exact) mass is 160 g/mol. The fourth-order valence-corrected chi connectivity index (χ4v) is 1.04. The van der Waals surface area contributed by atoms with Gasteiger partial charge in [0, 0.05) is 12.6 Å². The molecule has 0 amide bonds. The molecular formula is C8H20N2O. The summed E-state index contributed by atoms with van der Waals surface area (Å²) in [4.78, 5) is 0. The number of hydrogen-bond donors (Lipinski definition) is 3. The Hall–Kier alpha value is -0.120. The smallest absolute Gasteiger partial charge is 0.0892 e. The number of rotatable bonds is 5. The topological polar surface area (TPSA) is 44.3 Å². The Kier molecular flexibility index (Phi) is 4.65. The quantitative estimate of drug-likeness (QED) is 0.528. The van der Waals surface area contributed by atoms with Gasteiger partial charge in [-0.2, -0.15) is 0 Å². The summed E-state index contributed by atoms with van der Waals surface area (Å²) in [6.07, 6.45) is 0. The van der Waals surface area contributed by atoms with Crippen molar-refractivity contribution < 1.29 is 5.11 Å². The first-order chi connectivity index (χ1) is 5.04. The van der Waals surface area contributed by atoms with Gasteiger partial charge in [-0.15, -0.1) is 0 Å². The third-order valence-corrected chi connectivity index (χ3v) is 1.98. The lowest BCUT2D eigenvalue weighted by Crippen LogP contribution is -2.52. The zero-order valence-corrected chi connectivity index (χ0v) is 7.94. The average molecular weight is 160 g/mol. The normalized spacial score (nSPS) is 19.4. The molecule has 0 aliphatic rings. The Morgan fingerprint density at radius 2 is 2.09 bits per heavy atom. The van der Waals surface area contributed by atoms with Gasteiger partial charge in [-0.25, -0.2) is 0 Å². The Morgan fingerprint density at radius 3 is 2.45 bits per heavy atom. The summed E-state index contributed by atoms with van der Waals surface area (Å²) in [6, 6.07) is 0.125. The second-order valence-corrected chi connectivity index (χ2v) is 3.17. The summed E-state index contributed by atoms with van der Waals surface area (Å²) in [5, 5.41) is 15.9. The zero-order chi connectivity index (χ0) is 8.91. The van der Waals surface area contributed by atoms with Gasteiger partial charge in [-0.05, 0) is 27.4 Å². The molecule has 0 fully saturated rings. The predicted molar refractivity (Wildman–Crippen MR) is 47.7 cm³/mol. The van der Waals surface area contributed by atoms with Crippen molar-refractivity contribution in [1.82, 2.24) is 10.6 Å². The zero-order valence-electron chi connectivity index (χ0n) is 7.94. The molecule has 0 aliphatic carbocycles. The highest BCUT2D eigenvalue weighted by atomic mass is 16.3. The molecule has 0 saturated carbocycles. The highest BCUT2D eigenvalue weighted by Gasteiger charge is 2.26. The van der Waals surface area contributed by atoms with Crippen molar-refractivity contribution in [3.63, 3.8) is 0 Å². The molecular weight excluding hydrogens is 140 g/mol. The van der Waals surface area contributed by atoms with E-state index in [9.17, 15) is 5.11 Å². The molecule has 0 heterocycles. The van der Waals surface area contributed by atoms with E-state index >= 15 is 0 Å². The van der Waals surface area contributed by atoms with Crippen LogP contribution < -0.4 is 10.6 Å². The summed E-state index contributed by atoms with van der Waals surface area (Å²) in [5.74, 6) is 0. The van der Waals surface area contributed by atoms with Crippen molar-refractivity contribution >= 4 is 0 Å². The molecule has 0 rings (SSSR count). The minimum Gasteiger partial charge on any atom is -0.387 e.